The Morgan fingerprint density at radius 2 is 0.913 bits per heavy atom. The zero-order chi connectivity index (χ0) is 35.7. The molecule has 2 aromatic rings. The third-order valence-electron chi connectivity index (χ3n) is 7.35. The fourth-order valence-corrected chi connectivity index (χ4v) is 15.9. The van der Waals surface area contributed by atoms with Crippen LogP contribution in [0.4, 0.5) is 26.3 Å². The zero-order valence-corrected chi connectivity index (χ0v) is 32.8. The van der Waals surface area contributed by atoms with Crippen LogP contribution in [0.3, 0.4) is 0 Å². The first-order valence-corrected chi connectivity index (χ1v) is 17.7. The summed E-state index contributed by atoms with van der Waals surface area (Å²) < 4.78 is 67.5. The van der Waals surface area contributed by atoms with E-state index in [1.54, 1.807) is 0 Å². The summed E-state index contributed by atoms with van der Waals surface area (Å²) in [5.41, 5.74) is 2.58. The predicted molar refractivity (Wildman–Crippen MR) is 178 cm³/mol. The molecule has 0 N–H and O–H groups in total. The van der Waals surface area contributed by atoms with Crippen molar-refractivity contribution in [3.05, 3.63) is 54.2 Å². The van der Waals surface area contributed by atoms with Crippen LogP contribution >= 0.6 is 15.8 Å². The topological polar surface area (TPSA) is 49.4 Å². The maximum atomic E-state index is 10.5. The summed E-state index contributed by atoms with van der Waals surface area (Å²) in [6.07, 6.45) is -5.19. The number of aliphatic carboxylic acids is 1. The van der Waals surface area contributed by atoms with E-state index in [-0.39, 0.29) is 46.5 Å². The monoisotopic (exact) mass is 788 g/mol. The Kier molecular flexibility index (Phi) is 15.2. The Morgan fingerprint density at radius 3 is 1.11 bits per heavy atom. The molecule has 12 heteroatoms. The number of fused-ring (bicyclic) bond motifs is 2. The van der Waals surface area contributed by atoms with Crippen molar-refractivity contribution in [3.63, 3.8) is 0 Å². The molecule has 0 fully saturated rings. The average molecular weight is 789 g/mol. The summed E-state index contributed by atoms with van der Waals surface area (Å²) in [6.45, 7) is 30.7. The molecule has 0 amide bonds. The standard InChI is InChI=1S/C31H48OP2.C2HF3O2.CF3.Pd/c1-27(2,3)33(28(4,5)6)23-19-15-17-21-25(23)32-26-22(31(21,13)14)18-16-20-24(26)34(29(7,8)9)30(10,11)12;3-2(4,5)1(6)7;2-1(3)4;/h15-20H,1-14H3;(H,6,7);;/q;;-1;+2/p+1. The van der Waals surface area contributed by atoms with Gasteiger partial charge in [0, 0.05) is 32.4 Å². The number of para-hydroxylation sites is 2. The molecule has 0 radical (unpaired) electrons. The molecule has 0 bridgehead atoms. The summed E-state index contributed by atoms with van der Waals surface area (Å²) in [7, 11) is -1.90. The molecular weight excluding hydrogens is 739 g/mol. The number of carboxylic acids is 1. The van der Waals surface area contributed by atoms with Crippen LogP contribution < -0.4 is 20.5 Å². The van der Waals surface area contributed by atoms with Crippen molar-refractivity contribution in [1.29, 1.82) is 0 Å². The van der Waals surface area contributed by atoms with Crippen molar-refractivity contribution in [2.45, 2.75) is 129 Å². The van der Waals surface area contributed by atoms with Crippen molar-refractivity contribution >= 4 is 32.4 Å². The molecule has 2 aromatic carbocycles. The number of benzene rings is 2. The molecule has 0 unspecified atom stereocenters. The Bertz CT molecular complexity index is 1200. The molecule has 1 heterocycles. The average Bonchev–Trinajstić information content (AvgIpc) is 2.76. The number of carboxylic acid groups (broad SMARTS) is 1. The van der Waals surface area contributed by atoms with Gasteiger partial charge in [0.25, 0.3) is 0 Å². The van der Waals surface area contributed by atoms with Crippen molar-refractivity contribution in [2.24, 2.45) is 0 Å². The molecule has 264 valence electrons. The van der Waals surface area contributed by atoms with Gasteiger partial charge in [-0.3, -0.25) is 0 Å². The minimum atomic E-state index is -5.19. The molecule has 0 aliphatic carbocycles. The van der Waals surface area contributed by atoms with E-state index < -0.39 is 34.7 Å². The number of halogens is 6. The zero-order valence-electron chi connectivity index (χ0n) is 29.3. The van der Waals surface area contributed by atoms with E-state index in [4.69, 9.17) is 14.6 Å². The SMILES string of the molecule is CC1(C)c2cccc([PH+](C(C)(C)C)C(C)(C)C)c2Oc2c([PH+](C(C)(C)C)C(C)(C)C)cccc21.F[C-](F)F.O=C([O-])C(F)(F)F.[Pd+2]. The third-order valence-corrected chi connectivity index (χ3v) is 15.2. The second-order valence-electron chi connectivity index (χ2n) is 15.8. The fraction of sp³-hybridized carbons (Fsp3) is 0.588. The summed E-state index contributed by atoms with van der Waals surface area (Å²) >= 11 is 0. The molecule has 0 atom stereocenters. The first kappa shape index (κ1) is 44.8. The Balaban J connectivity index is 0.00000145. The first-order valence-electron chi connectivity index (χ1n) is 14.7. The van der Waals surface area contributed by atoms with Crippen LogP contribution in [-0.2, 0) is 30.6 Å². The third kappa shape index (κ3) is 11.5. The molecule has 3 nitrogen and oxygen atoms in total. The number of carbonyl (C=O) groups is 1. The van der Waals surface area contributed by atoms with Crippen molar-refractivity contribution < 1.29 is 61.4 Å². The summed E-state index contributed by atoms with van der Waals surface area (Å²) in [6, 6.07) is 13.9. The molecule has 1 aliphatic rings. The van der Waals surface area contributed by atoms with Crippen LogP contribution in [0, 0.1) is 6.68 Å². The van der Waals surface area contributed by atoms with Gasteiger partial charge in [-0.1, -0.05) is 38.1 Å². The molecule has 3 rings (SSSR count). The van der Waals surface area contributed by atoms with Gasteiger partial charge in [-0.25, -0.2) is 0 Å². The number of alkyl halides is 3. The van der Waals surface area contributed by atoms with Crippen LogP contribution in [0.15, 0.2) is 36.4 Å². The normalized spacial score (nSPS) is 14.6. The maximum absolute atomic E-state index is 10.5. The molecule has 0 aromatic heterocycles. The van der Waals surface area contributed by atoms with Gasteiger partial charge in [0.2, 0.25) is 0 Å². The molecule has 1 aliphatic heterocycles. The van der Waals surface area contributed by atoms with Crippen molar-refractivity contribution in [2.75, 3.05) is 0 Å². The van der Waals surface area contributed by atoms with Gasteiger partial charge in [0.05, 0.1) is 20.6 Å². The van der Waals surface area contributed by atoms with E-state index in [1.165, 1.54) is 21.7 Å². The predicted octanol–water partition coefficient (Wildman–Crippen LogP) is 9.63. The van der Waals surface area contributed by atoms with E-state index in [0.29, 0.717) is 0 Å². The number of ether oxygens (including phenoxy) is 1. The molecule has 0 saturated heterocycles. The van der Waals surface area contributed by atoms with Gasteiger partial charge >= 0.3 is 26.6 Å². The van der Waals surface area contributed by atoms with E-state index in [1.807, 2.05) is 0 Å². The number of hydrogen-bond acceptors (Lipinski definition) is 3. The molecule has 46 heavy (non-hydrogen) atoms. The number of rotatable bonds is 2. The van der Waals surface area contributed by atoms with Gasteiger partial charge in [0.1, 0.15) is 16.6 Å². The van der Waals surface area contributed by atoms with Crippen LogP contribution in [0.5, 0.6) is 11.5 Å². The molecule has 0 spiro atoms. The Morgan fingerprint density at radius 1 is 0.674 bits per heavy atom. The van der Waals surface area contributed by atoms with Gasteiger partial charge in [-0.15, -0.1) is 0 Å². The second kappa shape index (κ2) is 15.6. The van der Waals surface area contributed by atoms with Gasteiger partial charge in [0.15, 0.2) is 18.2 Å². The Labute approximate surface area is 287 Å². The molecule has 0 saturated carbocycles. The summed E-state index contributed by atoms with van der Waals surface area (Å²) in [5, 5.41) is 12.6. The van der Waals surface area contributed by atoms with Crippen molar-refractivity contribution in [3.8, 4) is 11.5 Å². The maximum Gasteiger partial charge on any atom is 2.00 e. The number of carbonyl (C=O) groups excluding carboxylic acids is 1. The second-order valence-corrected chi connectivity index (χ2v) is 24.4. The van der Waals surface area contributed by atoms with Crippen LogP contribution in [0.1, 0.15) is 108 Å². The van der Waals surface area contributed by atoms with E-state index in [0.717, 1.165) is 11.5 Å². The van der Waals surface area contributed by atoms with E-state index >= 15 is 0 Å². The number of hydrogen-bond donors (Lipinski definition) is 0. The largest absolute Gasteiger partial charge is 2.00 e. The smallest absolute Gasteiger partial charge is 0.542 e. The van der Waals surface area contributed by atoms with Crippen LogP contribution in [0.25, 0.3) is 0 Å². The van der Waals surface area contributed by atoms with Gasteiger partial charge < -0.3 is 27.8 Å². The van der Waals surface area contributed by atoms with E-state index in [2.05, 4.69) is 133 Å². The van der Waals surface area contributed by atoms with E-state index in [9.17, 15) is 26.3 Å². The van der Waals surface area contributed by atoms with Gasteiger partial charge in [-0.2, -0.15) is 13.2 Å². The van der Waals surface area contributed by atoms with Crippen molar-refractivity contribution in [1.82, 2.24) is 0 Å². The quantitative estimate of drug-likeness (QED) is 0.132. The minimum absolute atomic E-state index is 0. The fourth-order valence-electron chi connectivity index (χ4n) is 6.79. The minimum Gasteiger partial charge on any atom is -0.542 e. The van der Waals surface area contributed by atoms with Gasteiger partial charge in [-0.05, 0) is 95.2 Å². The summed E-state index contributed by atoms with van der Waals surface area (Å²) in [4.78, 5) is 8.78. The van der Waals surface area contributed by atoms with Crippen LogP contribution in [-0.4, -0.2) is 32.8 Å². The molecular formula is C34H50F6O3P2Pd+2. The van der Waals surface area contributed by atoms with Crippen LogP contribution in [0.2, 0.25) is 0 Å². The summed E-state index contributed by atoms with van der Waals surface area (Å²) in [5.74, 6) is -0.710. The Hall–Kier alpha value is -1.19. The first-order chi connectivity index (χ1) is 19.9.